The van der Waals surface area contributed by atoms with E-state index in [1.54, 1.807) is 18.2 Å². The molecule has 5 heteroatoms. The fourth-order valence-electron chi connectivity index (χ4n) is 1.48. The van der Waals surface area contributed by atoms with E-state index in [2.05, 4.69) is 10.6 Å². The summed E-state index contributed by atoms with van der Waals surface area (Å²) in [4.78, 5) is 22.5. The number of urea groups is 1. The van der Waals surface area contributed by atoms with Crippen LogP contribution >= 0.6 is 0 Å². The molecule has 1 rings (SSSR count). The van der Waals surface area contributed by atoms with Crippen molar-refractivity contribution in [2.45, 2.75) is 13.8 Å². The molecule has 0 heterocycles. The minimum absolute atomic E-state index is 0.00113. The first-order valence-electron chi connectivity index (χ1n) is 5.32. The molecule has 1 aromatic carbocycles. The monoisotopic (exact) mass is 236 g/mol. The third-order valence-corrected chi connectivity index (χ3v) is 2.26. The number of aryl methyl sites for hydroxylation is 1. The van der Waals surface area contributed by atoms with Gasteiger partial charge in [0.1, 0.15) is 0 Å². The minimum Gasteiger partial charge on any atom is -0.395 e. The Morgan fingerprint density at radius 1 is 1.35 bits per heavy atom. The number of nitrogens with one attached hydrogen (secondary N) is 2. The van der Waals surface area contributed by atoms with Crippen LogP contribution in [0.4, 0.5) is 10.5 Å². The van der Waals surface area contributed by atoms with Crippen LogP contribution in [0.5, 0.6) is 0 Å². The van der Waals surface area contributed by atoms with Gasteiger partial charge in [0.25, 0.3) is 0 Å². The lowest BCUT2D eigenvalue weighted by molar-refractivity contribution is 0.101. The molecule has 2 amide bonds. The van der Waals surface area contributed by atoms with Gasteiger partial charge in [-0.15, -0.1) is 0 Å². The Bertz CT molecular complexity index is 430. The lowest BCUT2D eigenvalue weighted by Crippen LogP contribution is -2.30. The Labute approximate surface area is 99.8 Å². The van der Waals surface area contributed by atoms with Crippen molar-refractivity contribution < 1.29 is 14.7 Å². The number of aliphatic hydroxyl groups is 1. The molecule has 0 aromatic heterocycles. The highest BCUT2D eigenvalue weighted by molar-refractivity contribution is 5.96. The summed E-state index contributed by atoms with van der Waals surface area (Å²) in [7, 11) is 0. The van der Waals surface area contributed by atoms with E-state index < -0.39 is 0 Å². The highest BCUT2D eigenvalue weighted by atomic mass is 16.3. The van der Waals surface area contributed by atoms with Gasteiger partial charge in [-0.2, -0.15) is 0 Å². The molecule has 0 aliphatic heterocycles. The van der Waals surface area contributed by atoms with Crippen molar-refractivity contribution in [2.75, 3.05) is 18.5 Å². The van der Waals surface area contributed by atoms with E-state index in [1.165, 1.54) is 6.92 Å². The number of Topliss-reactive ketones (excluding diaryl/α,β-unsaturated/α-hetero) is 1. The zero-order valence-corrected chi connectivity index (χ0v) is 9.91. The molecule has 5 nitrogen and oxygen atoms in total. The summed E-state index contributed by atoms with van der Waals surface area (Å²) in [6, 6.07) is 4.70. The van der Waals surface area contributed by atoms with Crippen LogP contribution in [-0.4, -0.2) is 30.1 Å². The molecule has 0 saturated carbocycles. The Morgan fingerprint density at radius 3 is 2.59 bits per heavy atom. The van der Waals surface area contributed by atoms with Gasteiger partial charge in [-0.25, -0.2) is 4.79 Å². The first-order chi connectivity index (χ1) is 8.04. The van der Waals surface area contributed by atoms with Crippen LogP contribution < -0.4 is 10.6 Å². The molecule has 0 saturated heterocycles. The van der Waals surface area contributed by atoms with Gasteiger partial charge in [0.15, 0.2) is 5.78 Å². The Morgan fingerprint density at radius 2 is 2.06 bits per heavy atom. The summed E-state index contributed by atoms with van der Waals surface area (Å²) in [6.07, 6.45) is 0. The third-order valence-electron chi connectivity index (χ3n) is 2.26. The fraction of sp³-hybridized carbons (Fsp3) is 0.333. The molecule has 1 aromatic rings. The molecule has 0 radical (unpaired) electrons. The number of carbonyl (C=O) groups is 2. The summed E-state index contributed by atoms with van der Waals surface area (Å²) in [5, 5.41) is 13.6. The molecule has 0 aliphatic carbocycles. The number of carbonyl (C=O) groups excluding carboxylic acids is 2. The van der Waals surface area contributed by atoms with Crippen LogP contribution in [0.15, 0.2) is 18.2 Å². The average Bonchev–Trinajstić information content (AvgIpc) is 2.26. The van der Waals surface area contributed by atoms with E-state index in [0.29, 0.717) is 11.3 Å². The fourth-order valence-corrected chi connectivity index (χ4v) is 1.48. The number of amides is 2. The number of anilines is 1. The molecular formula is C12H16N2O3. The number of hydrogen-bond donors (Lipinski definition) is 3. The van der Waals surface area contributed by atoms with Gasteiger partial charge in [-0.1, -0.05) is 0 Å². The van der Waals surface area contributed by atoms with Crippen molar-refractivity contribution in [3.63, 3.8) is 0 Å². The first kappa shape index (κ1) is 13.2. The number of rotatable bonds is 4. The van der Waals surface area contributed by atoms with Crippen molar-refractivity contribution in [2.24, 2.45) is 0 Å². The zero-order chi connectivity index (χ0) is 12.8. The van der Waals surface area contributed by atoms with Crippen molar-refractivity contribution in [3.8, 4) is 0 Å². The largest absolute Gasteiger partial charge is 0.395 e. The summed E-state index contributed by atoms with van der Waals surface area (Å²) in [5.74, 6) is -0.00113. The number of aliphatic hydroxyl groups excluding tert-OH is 1. The molecule has 17 heavy (non-hydrogen) atoms. The van der Waals surface area contributed by atoms with E-state index in [9.17, 15) is 9.59 Å². The average molecular weight is 236 g/mol. The molecule has 0 spiro atoms. The Balaban J connectivity index is 2.70. The van der Waals surface area contributed by atoms with E-state index in [0.717, 1.165) is 5.56 Å². The van der Waals surface area contributed by atoms with Crippen LogP contribution in [0.25, 0.3) is 0 Å². The quantitative estimate of drug-likeness (QED) is 0.690. The van der Waals surface area contributed by atoms with Gasteiger partial charge in [0, 0.05) is 17.8 Å². The Hall–Kier alpha value is -1.88. The predicted molar refractivity (Wildman–Crippen MR) is 65.3 cm³/mol. The number of hydrogen-bond acceptors (Lipinski definition) is 3. The molecule has 0 atom stereocenters. The van der Waals surface area contributed by atoms with E-state index in [-0.39, 0.29) is 25.0 Å². The van der Waals surface area contributed by atoms with Crippen LogP contribution in [0.1, 0.15) is 22.8 Å². The molecule has 0 unspecified atom stereocenters. The molecule has 0 bridgehead atoms. The highest BCUT2D eigenvalue weighted by Gasteiger charge is 2.06. The minimum atomic E-state index is -0.381. The number of ketones is 1. The normalized spacial score (nSPS) is 9.82. The first-order valence-corrected chi connectivity index (χ1v) is 5.32. The predicted octanol–water partition coefficient (Wildman–Crippen LogP) is 1.31. The van der Waals surface area contributed by atoms with Gasteiger partial charge in [0.2, 0.25) is 0 Å². The second-order valence-electron chi connectivity index (χ2n) is 3.69. The lowest BCUT2D eigenvalue weighted by Gasteiger charge is -2.08. The summed E-state index contributed by atoms with van der Waals surface area (Å²) in [5.41, 5.74) is 2.08. The SMILES string of the molecule is CC(=O)c1ccc(NC(=O)NCCO)cc1C. The molecule has 0 aliphatic rings. The van der Waals surface area contributed by atoms with Gasteiger partial charge in [0.05, 0.1) is 6.61 Å². The highest BCUT2D eigenvalue weighted by Crippen LogP contribution is 2.15. The molecule has 0 fully saturated rings. The van der Waals surface area contributed by atoms with E-state index >= 15 is 0 Å². The van der Waals surface area contributed by atoms with Gasteiger partial charge in [-0.05, 0) is 37.6 Å². The zero-order valence-electron chi connectivity index (χ0n) is 9.91. The van der Waals surface area contributed by atoms with Crippen molar-refractivity contribution in [1.82, 2.24) is 5.32 Å². The summed E-state index contributed by atoms with van der Waals surface area (Å²) >= 11 is 0. The smallest absolute Gasteiger partial charge is 0.319 e. The maximum atomic E-state index is 11.3. The summed E-state index contributed by atoms with van der Waals surface area (Å²) in [6.45, 7) is 3.42. The lowest BCUT2D eigenvalue weighted by atomic mass is 10.1. The second-order valence-corrected chi connectivity index (χ2v) is 3.69. The van der Waals surface area contributed by atoms with E-state index in [1.807, 2.05) is 6.92 Å². The van der Waals surface area contributed by atoms with Crippen LogP contribution in [0.3, 0.4) is 0 Å². The summed E-state index contributed by atoms with van der Waals surface area (Å²) < 4.78 is 0. The van der Waals surface area contributed by atoms with Crippen molar-refractivity contribution in [3.05, 3.63) is 29.3 Å². The Kier molecular flexibility index (Phi) is 4.66. The van der Waals surface area contributed by atoms with Crippen LogP contribution in [0, 0.1) is 6.92 Å². The van der Waals surface area contributed by atoms with Gasteiger partial charge >= 0.3 is 6.03 Å². The van der Waals surface area contributed by atoms with Crippen LogP contribution in [0.2, 0.25) is 0 Å². The van der Waals surface area contributed by atoms with Gasteiger partial charge in [-0.3, -0.25) is 4.79 Å². The molecule has 3 N–H and O–H groups in total. The maximum absolute atomic E-state index is 11.3. The van der Waals surface area contributed by atoms with E-state index in [4.69, 9.17) is 5.11 Å². The van der Waals surface area contributed by atoms with Gasteiger partial charge < -0.3 is 15.7 Å². The molecular weight excluding hydrogens is 220 g/mol. The standard InChI is InChI=1S/C12H16N2O3/c1-8-7-10(3-4-11(8)9(2)16)14-12(17)13-5-6-15/h3-4,7,15H,5-6H2,1-2H3,(H2,13,14,17). The third kappa shape index (κ3) is 3.88. The molecule has 92 valence electrons. The second kappa shape index (κ2) is 6.00. The van der Waals surface area contributed by atoms with Crippen molar-refractivity contribution in [1.29, 1.82) is 0 Å². The topological polar surface area (TPSA) is 78.4 Å². The van der Waals surface area contributed by atoms with Crippen molar-refractivity contribution >= 4 is 17.5 Å². The number of benzene rings is 1. The maximum Gasteiger partial charge on any atom is 0.319 e. The van der Waals surface area contributed by atoms with Crippen LogP contribution in [-0.2, 0) is 0 Å².